The number of esters is 1. The Labute approximate surface area is 148 Å². The maximum Gasteiger partial charge on any atom is 0.337 e. The van der Waals surface area contributed by atoms with Crippen molar-refractivity contribution in [3.05, 3.63) is 52.1 Å². The third-order valence-electron chi connectivity index (χ3n) is 3.78. The fourth-order valence-corrected chi connectivity index (χ4v) is 3.68. The minimum Gasteiger partial charge on any atom is -0.465 e. The van der Waals surface area contributed by atoms with E-state index >= 15 is 0 Å². The van der Waals surface area contributed by atoms with Crippen molar-refractivity contribution in [2.75, 3.05) is 7.11 Å². The Morgan fingerprint density at radius 3 is 2.84 bits per heavy atom. The van der Waals surface area contributed by atoms with Crippen LogP contribution >= 0.6 is 11.8 Å². The van der Waals surface area contributed by atoms with Gasteiger partial charge in [-0.05, 0) is 37.6 Å². The van der Waals surface area contributed by atoms with Gasteiger partial charge in [0.05, 0.1) is 30.3 Å². The normalized spacial score (nSPS) is 10.4. The number of aryl methyl sites for hydroxylation is 2. The summed E-state index contributed by atoms with van der Waals surface area (Å²) in [5.41, 5.74) is 2.42. The molecule has 0 bridgehead atoms. The summed E-state index contributed by atoms with van der Waals surface area (Å²) in [7, 11) is 1.34. The van der Waals surface area contributed by atoms with Crippen LogP contribution < -0.4 is 0 Å². The third-order valence-corrected chi connectivity index (χ3v) is 5.02. The summed E-state index contributed by atoms with van der Waals surface area (Å²) in [6, 6.07) is 7.30. The van der Waals surface area contributed by atoms with Crippen molar-refractivity contribution >= 4 is 29.1 Å². The van der Waals surface area contributed by atoms with Crippen LogP contribution in [0.1, 0.15) is 27.3 Å². The first-order valence-corrected chi connectivity index (χ1v) is 8.07. The molecule has 3 aromatic rings. The van der Waals surface area contributed by atoms with Gasteiger partial charge in [0, 0.05) is 4.90 Å². The lowest BCUT2D eigenvalue weighted by atomic mass is 10.1. The number of nitrogens with zero attached hydrogens (tertiary/aromatic N) is 4. The average molecular weight is 351 g/mol. The molecule has 1 N–H and O–H groups in total. The second-order valence-corrected chi connectivity index (χ2v) is 6.31. The number of fused-ring (bicyclic) bond motifs is 1. The first-order chi connectivity index (χ1) is 12.0. The minimum atomic E-state index is -0.399. The molecule has 0 radical (unpaired) electrons. The molecule has 0 saturated heterocycles. The maximum atomic E-state index is 11.6. The lowest BCUT2D eigenvalue weighted by Gasteiger charge is -2.08. The number of nitriles is 1. The third kappa shape index (κ3) is 2.63. The van der Waals surface area contributed by atoms with Crippen molar-refractivity contribution in [3.8, 4) is 6.07 Å². The molecule has 0 atom stereocenters. The number of ether oxygens (including phenoxy) is 1. The van der Waals surface area contributed by atoms with Crippen molar-refractivity contribution in [3.63, 3.8) is 0 Å². The van der Waals surface area contributed by atoms with Gasteiger partial charge in [0.25, 0.3) is 0 Å². The van der Waals surface area contributed by atoms with Crippen molar-refractivity contribution in [2.45, 2.75) is 23.8 Å². The molecule has 0 aliphatic carbocycles. The summed E-state index contributed by atoms with van der Waals surface area (Å²) in [5.74, 6) is 0.261. The summed E-state index contributed by atoms with van der Waals surface area (Å²) in [4.78, 5) is 16.1. The van der Waals surface area contributed by atoms with Crippen LogP contribution in [-0.2, 0) is 4.74 Å². The highest BCUT2D eigenvalue weighted by Gasteiger charge is 2.23. The predicted octanol–water partition coefficient (Wildman–Crippen LogP) is 3.64. The van der Waals surface area contributed by atoms with Crippen LogP contribution in [0, 0.1) is 31.8 Å². The zero-order valence-electron chi connectivity index (χ0n) is 13.7. The van der Waals surface area contributed by atoms with Crippen LogP contribution in [0.15, 0.2) is 28.1 Å². The fourth-order valence-electron chi connectivity index (χ4n) is 2.55. The highest BCUT2D eigenvalue weighted by atomic mass is 32.2. The number of H-pyrrole nitrogens is 1. The van der Waals surface area contributed by atoms with Crippen LogP contribution in [0.3, 0.4) is 0 Å². The number of carbonyl (C=O) groups is 1. The van der Waals surface area contributed by atoms with E-state index in [1.807, 2.05) is 6.92 Å². The Kier molecular flexibility index (Phi) is 4.22. The van der Waals surface area contributed by atoms with E-state index in [9.17, 15) is 10.1 Å². The Bertz CT molecular complexity index is 1080. The number of benzene rings is 1. The van der Waals surface area contributed by atoms with Crippen LogP contribution in [0.25, 0.3) is 10.5 Å². The zero-order chi connectivity index (χ0) is 18.1. The topological polar surface area (TPSA) is 87.5 Å². The summed E-state index contributed by atoms with van der Waals surface area (Å²) < 4.78 is 6.50. The first-order valence-electron chi connectivity index (χ1n) is 7.25. The first kappa shape index (κ1) is 16.6. The van der Waals surface area contributed by atoms with Gasteiger partial charge < -0.3 is 4.74 Å². The molecule has 3 rings (SSSR count). The molecule has 7 nitrogen and oxygen atoms in total. The quantitative estimate of drug-likeness (QED) is 0.575. The molecule has 0 fully saturated rings. The van der Waals surface area contributed by atoms with Gasteiger partial charge in [-0.1, -0.05) is 11.8 Å². The molecule has 124 valence electrons. The number of rotatable bonds is 3. The van der Waals surface area contributed by atoms with Gasteiger partial charge in [0.1, 0.15) is 17.0 Å². The van der Waals surface area contributed by atoms with Gasteiger partial charge in [-0.2, -0.15) is 10.4 Å². The Morgan fingerprint density at radius 1 is 1.48 bits per heavy atom. The van der Waals surface area contributed by atoms with E-state index in [0.717, 1.165) is 10.5 Å². The Hall–Kier alpha value is -3.23. The lowest BCUT2D eigenvalue weighted by Crippen LogP contribution is -2.01. The Morgan fingerprint density at radius 2 is 2.24 bits per heavy atom. The Balaban J connectivity index is 2.13. The SMILES string of the molecule is [C-]#[N+]c1c(C#N)c2[nH]nc(C)n2c1Sc1ccc(C(=O)OC)cc1C. The molecular weight excluding hydrogens is 338 g/mol. The number of nitrogens with one attached hydrogen (secondary N) is 1. The number of carbonyl (C=O) groups excluding carboxylic acids is 1. The number of methoxy groups -OCH3 is 1. The summed E-state index contributed by atoms with van der Waals surface area (Å²) in [6.45, 7) is 11.1. The maximum absolute atomic E-state index is 11.6. The van der Waals surface area contributed by atoms with Gasteiger partial charge in [0.15, 0.2) is 0 Å². The molecule has 0 aliphatic heterocycles. The monoisotopic (exact) mass is 351 g/mol. The van der Waals surface area contributed by atoms with E-state index in [4.69, 9.17) is 11.3 Å². The van der Waals surface area contributed by atoms with E-state index in [1.165, 1.54) is 18.9 Å². The highest BCUT2D eigenvalue weighted by Crippen LogP contribution is 2.42. The van der Waals surface area contributed by atoms with Gasteiger partial charge in [-0.25, -0.2) is 9.64 Å². The summed E-state index contributed by atoms with van der Waals surface area (Å²) in [6.07, 6.45) is 0. The van der Waals surface area contributed by atoms with Crippen LogP contribution in [0.5, 0.6) is 0 Å². The van der Waals surface area contributed by atoms with E-state index < -0.39 is 5.97 Å². The van der Waals surface area contributed by atoms with Crippen molar-refractivity contribution in [1.82, 2.24) is 14.6 Å². The standard InChI is InChI=1S/C17H13N5O2S/c1-9-7-11(17(23)24-4)5-6-13(9)25-16-14(19-3)12(8-18)15-21-20-10(2)22(15)16/h5-7,21H,1-2,4H3. The van der Waals surface area contributed by atoms with Gasteiger partial charge in [-0.15, -0.1) is 0 Å². The molecule has 0 saturated carbocycles. The molecule has 0 spiro atoms. The molecule has 0 unspecified atom stereocenters. The van der Waals surface area contributed by atoms with Crippen LogP contribution in [-0.4, -0.2) is 27.7 Å². The number of hydrogen-bond acceptors (Lipinski definition) is 5. The molecule has 25 heavy (non-hydrogen) atoms. The molecular formula is C17H13N5O2S. The summed E-state index contributed by atoms with van der Waals surface area (Å²) >= 11 is 1.36. The molecule has 0 amide bonds. The largest absolute Gasteiger partial charge is 0.465 e. The highest BCUT2D eigenvalue weighted by molar-refractivity contribution is 7.99. The van der Waals surface area contributed by atoms with Crippen LogP contribution in [0.2, 0.25) is 0 Å². The second-order valence-electron chi connectivity index (χ2n) is 5.28. The molecule has 2 aromatic heterocycles. The molecule has 2 heterocycles. The van der Waals surface area contributed by atoms with Gasteiger partial charge in [0.2, 0.25) is 5.69 Å². The van der Waals surface area contributed by atoms with Crippen molar-refractivity contribution in [1.29, 1.82) is 5.26 Å². The van der Waals surface area contributed by atoms with E-state index in [-0.39, 0.29) is 5.56 Å². The minimum absolute atomic E-state index is 0.280. The number of aromatic nitrogens is 3. The van der Waals surface area contributed by atoms with Crippen LogP contribution in [0.4, 0.5) is 5.69 Å². The van der Waals surface area contributed by atoms with E-state index in [1.54, 1.807) is 29.5 Å². The van der Waals surface area contributed by atoms with Gasteiger partial charge >= 0.3 is 5.97 Å². The lowest BCUT2D eigenvalue weighted by molar-refractivity contribution is 0.0600. The second kappa shape index (κ2) is 6.34. The van der Waals surface area contributed by atoms with E-state index in [2.05, 4.69) is 21.1 Å². The number of aromatic amines is 1. The van der Waals surface area contributed by atoms with Gasteiger partial charge in [-0.3, -0.25) is 9.50 Å². The predicted molar refractivity (Wildman–Crippen MR) is 91.9 cm³/mol. The smallest absolute Gasteiger partial charge is 0.337 e. The fraction of sp³-hybridized carbons (Fsp3) is 0.176. The molecule has 1 aromatic carbocycles. The zero-order valence-corrected chi connectivity index (χ0v) is 14.6. The van der Waals surface area contributed by atoms with Crippen molar-refractivity contribution in [2.24, 2.45) is 0 Å². The molecule has 8 heteroatoms. The number of hydrogen-bond donors (Lipinski definition) is 1. The van der Waals surface area contributed by atoms with Crippen molar-refractivity contribution < 1.29 is 9.53 Å². The van der Waals surface area contributed by atoms with E-state index in [0.29, 0.717) is 27.7 Å². The average Bonchev–Trinajstić information content (AvgIpc) is 3.13. The summed E-state index contributed by atoms with van der Waals surface area (Å²) in [5, 5.41) is 17.0. The molecule has 0 aliphatic rings.